The summed E-state index contributed by atoms with van der Waals surface area (Å²) in [6.45, 7) is 1.93. The van der Waals surface area contributed by atoms with Gasteiger partial charge >= 0.3 is 5.97 Å². The fourth-order valence-corrected chi connectivity index (χ4v) is 2.63. The van der Waals surface area contributed by atoms with Crippen molar-refractivity contribution in [1.29, 1.82) is 0 Å². The van der Waals surface area contributed by atoms with E-state index in [1.165, 1.54) is 11.3 Å². The number of rotatable bonds is 4. The molecule has 0 saturated carbocycles. The Morgan fingerprint density at radius 2 is 2.28 bits per heavy atom. The molecule has 4 nitrogen and oxygen atoms in total. The molecule has 0 atom stereocenters. The smallest absolute Gasteiger partial charge is 0.355 e. The second kappa shape index (κ2) is 5.18. The molecule has 2 aromatic rings. The van der Waals surface area contributed by atoms with E-state index in [1.54, 1.807) is 7.11 Å². The summed E-state index contributed by atoms with van der Waals surface area (Å²) >= 11 is 1.41. The lowest BCUT2D eigenvalue weighted by Crippen LogP contribution is -1.99. The molecule has 0 spiro atoms. The summed E-state index contributed by atoms with van der Waals surface area (Å²) < 4.78 is 5.15. The normalized spacial score (nSPS) is 10.3. The number of carboxylic acids is 1. The predicted molar refractivity (Wildman–Crippen MR) is 70.4 cm³/mol. The minimum atomic E-state index is -0.975. The Balaban J connectivity index is 2.47. The molecule has 1 N–H and O–H groups in total. The van der Waals surface area contributed by atoms with E-state index in [0.717, 1.165) is 16.2 Å². The molecule has 2 rings (SSSR count). The Bertz CT molecular complexity index is 577. The Kier molecular flexibility index (Phi) is 3.62. The molecule has 0 aliphatic carbocycles. The van der Waals surface area contributed by atoms with Crippen molar-refractivity contribution < 1.29 is 14.6 Å². The highest BCUT2D eigenvalue weighted by atomic mass is 32.1. The summed E-state index contributed by atoms with van der Waals surface area (Å²) in [6, 6.07) is 7.45. The van der Waals surface area contributed by atoms with Crippen LogP contribution in [0.25, 0.3) is 10.6 Å². The van der Waals surface area contributed by atoms with Crippen molar-refractivity contribution in [2.75, 3.05) is 7.11 Å². The quantitative estimate of drug-likeness (QED) is 0.920. The summed E-state index contributed by atoms with van der Waals surface area (Å²) in [6.07, 6.45) is 0.670. The van der Waals surface area contributed by atoms with Crippen LogP contribution >= 0.6 is 11.3 Å². The van der Waals surface area contributed by atoms with Crippen LogP contribution in [0.4, 0.5) is 0 Å². The van der Waals surface area contributed by atoms with Crippen molar-refractivity contribution in [3.63, 3.8) is 0 Å². The number of aromatic nitrogens is 1. The molecule has 94 valence electrons. The highest BCUT2D eigenvalue weighted by Gasteiger charge is 2.16. The van der Waals surface area contributed by atoms with Crippen molar-refractivity contribution in [3.05, 3.63) is 34.8 Å². The molecule has 0 bridgehead atoms. The largest absolute Gasteiger partial charge is 0.497 e. The van der Waals surface area contributed by atoms with Gasteiger partial charge in [0, 0.05) is 10.4 Å². The third kappa shape index (κ3) is 2.36. The molecular weight excluding hydrogens is 250 g/mol. The molecule has 0 unspecified atom stereocenters. The van der Waals surface area contributed by atoms with Crippen molar-refractivity contribution in [2.45, 2.75) is 13.3 Å². The minimum Gasteiger partial charge on any atom is -0.497 e. The van der Waals surface area contributed by atoms with Gasteiger partial charge in [-0.2, -0.15) is 0 Å². The number of aromatic carboxylic acids is 1. The van der Waals surface area contributed by atoms with E-state index in [9.17, 15) is 4.79 Å². The van der Waals surface area contributed by atoms with Crippen LogP contribution in [0.5, 0.6) is 5.75 Å². The molecule has 0 fully saturated rings. The van der Waals surface area contributed by atoms with Crippen LogP contribution in [0.1, 0.15) is 22.3 Å². The molecule has 1 heterocycles. The van der Waals surface area contributed by atoms with Crippen molar-refractivity contribution in [3.8, 4) is 16.3 Å². The van der Waals surface area contributed by atoms with Gasteiger partial charge in [-0.3, -0.25) is 0 Å². The van der Waals surface area contributed by atoms with E-state index in [1.807, 2.05) is 31.2 Å². The Morgan fingerprint density at radius 1 is 1.50 bits per heavy atom. The minimum absolute atomic E-state index is 0.153. The zero-order valence-electron chi connectivity index (χ0n) is 10.1. The van der Waals surface area contributed by atoms with Crippen molar-refractivity contribution in [1.82, 2.24) is 4.98 Å². The molecule has 18 heavy (non-hydrogen) atoms. The number of benzene rings is 1. The number of aryl methyl sites for hydroxylation is 1. The maximum absolute atomic E-state index is 11.1. The molecule has 0 amide bonds. The van der Waals surface area contributed by atoms with E-state index < -0.39 is 5.97 Å². The van der Waals surface area contributed by atoms with Crippen LogP contribution < -0.4 is 4.74 Å². The van der Waals surface area contributed by atoms with Crippen LogP contribution in [-0.2, 0) is 6.42 Å². The van der Waals surface area contributed by atoms with Gasteiger partial charge < -0.3 is 9.84 Å². The van der Waals surface area contributed by atoms with Crippen LogP contribution in [0.2, 0.25) is 0 Å². The summed E-state index contributed by atoms with van der Waals surface area (Å²) in [7, 11) is 1.60. The highest BCUT2D eigenvalue weighted by Crippen LogP contribution is 2.30. The first-order chi connectivity index (χ1) is 8.65. The molecule has 0 aliphatic heterocycles. The summed E-state index contributed by atoms with van der Waals surface area (Å²) in [4.78, 5) is 16.0. The van der Waals surface area contributed by atoms with Gasteiger partial charge in [-0.25, -0.2) is 9.78 Å². The van der Waals surface area contributed by atoms with Crippen molar-refractivity contribution in [2.24, 2.45) is 0 Å². The second-order valence-electron chi connectivity index (χ2n) is 3.68. The van der Waals surface area contributed by atoms with Gasteiger partial charge in [-0.1, -0.05) is 19.1 Å². The fourth-order valence-electron chi connectivity index (χ4n) is 1.64. The molecule has 0 saturated heterocycles. The first-order valence-electron chi connectivity index (χ1n) is 5.53. The van der Waals surface area contributed by atoms with E-state index in [4.69, 9.17) is 9.84 Å². The number of hydrogen-bond acceptors (Lipinski definition) is 4. The zero-order valence-corrected chi connectivity index (χ0v) is 11.0. The standard InChI is InChI=1S/C13H13NO3S/c1-3-10-11(13(15)16)14-12(18-10)8-5-4-6-9(7-8)17-2/h4-7H,3H2,1-2H3,(H,15,16). The highest BCUT2D eigenvalue weighted by molar-refractivity contribution is 7.15. The number of hydrogen-bond donors (Lipinski definition) is 1. The monoisotopic (exact) mass is 263 g/mol. The van der Waals surface area contributed by atoms with Crippen LogP contribution in [0.3, 0.4) is 0 Å². The van der Waals surface area contributed by atoms with E-state index in [2.05, 4.69) is 4.98 Å². The molecule has 0 radical (unpaired) electrons. The molecular formula is C13H13NO3S. The number of nitrogens with zero attached hydrogens (tertiary/aromatic N) is 1. The second-order valence-corrected chi connectivity index (χ2v) is 4.77. The first-order valence-corrected chi connectivity index (χ1v) is 6.34. The Labute approximate surface area is 109 Å². The van der Waals surface area contributed by atoms with E-state index in [0.29, 0.717) is 11.4 Å². The topological polar surface area (TPSA) is 59.4 Å². The molecule has 0 aliphatic rings. The van der Waals surface area contributed by atoms with Crippen LogP contribution in [0.15, 0.2) is 24.3 Å². The maximum atomic E-state index is 11.1. The lowest BCUT2D eigenvalue weighted by atomic mass is 10.2. The summed E-state index contributed by atoms with van der Waals surface area (Å²) in [5.41, 5.74) is 1.03. The average Bonchev–Trinajstić information content (AvgIpc) is 2.83. The lowest BCUT2D eigenvalue weighted by Gasteiger charge is -2.00. The SMILES string of the molecule is CCc1sc(-c2cccc(OC)c2)nc1C(=O)O. The van der Waals surface area contributed by atoms with Gasteiger partial charge in [-0.15, -0.1) is 11.3 Å². The molecule has 1 aromatic heterocycles. The Morgan fingerprint density at radius 3 is 2.83 bits per heavy atom. The average molecular weight is 263 g/mol. The van der Waals surface area contributed by atoms with Crippen molar-refractivity contribution >= 4 is 17.3 Å². The number of thiazole rings is 1. The van der Waals surface area contributed by atoms with Gasteiger partial charge in [0.25, 0.3) is 0 Å². The number of methoxy groups -OCH3 is 1. The van der Waals surface area contributed by atoms with Gasteiger partial charge in [0.1, 0.15) is 10.8 Å². The Hall–Kier alpha value is -1.88. The van der Waals surface area contributed by atoms with Gasteiger partial charge in [0.2, 0.25) is 0 Å². The lowest BCUT2D eigenvalue weighted by molar-refractivity contribution is 0.0690. The summed E-state index contributed by atoms with van der Waals surface area (Å²) in [5.74, 6) is -0.241. The third-order valence-electron chi connectivity index (χ3n) is 2.54. The first kappa shape index (κ1) is 12.6. The molecule has 5 heteroatoms. The number of ether oxygens (including phenoxy) is 1. The third-order valence-corrected chi connectivity index (χ3v) is 3.79. The van der Waals surface area contributed by atoms with Gasteiger partial charge in [0.05, 0.1) is 7.11 Å². The van der Waals surface area contributed by atoms with E-state index >= 15 is 0 Å². The van der Waals surface area contributed by atoms with Crippen LogP contribution in [-0.4, -0.2) is 23.2 Å². The number of carbonyl (C=O) groups is 1. The predicted octanol–water partition coefficient (Wildman–Crippen LogP) is 3.08. The maximum Gasteiger partial charge on any atom is 0.355 e. The van der Waals surface area contributed by atoms with Crippen LogP contribution in [0, 0.1) is 0 Å². The van der Waals surface area contributed by atoms with E-state index in [-0.39, 0.29) is 5.69 Å². The van der Waals surface area contributed by atoms with Gasteiger partial charge in [0.15, 0.2) is 5.69 Å². The zero-order chi connectivity index (χ0) is 13.1. The summed E-state index contributed by atoms with van der Waals surface area (Å²) in [5, 5.41) is 9.79. The van der Waals surface area contributed by atoms with Gasteiger partial charge in [-0.05, 0) is 18.6 Å². The fraction of sp³-hybridized carbons (Fsp3) is 0.231. The number of carboxylic acid groups (broad SMARTS) is 1. The molecule has 1 aromatic carbocycles.